The fourth-order valence-electron chi connectivity index (χ4n) is 2.91. The Hall–Kier alpha value is -2.63. The Morgan fingerprint density at radius 3 is 2.50 bits per heavy atom. The number of ether oxygens (including phenoxy) is 1. The quantitative estimate of drug-likeness (QED) is 0.678. The second-order valence-electron chi connectivity index (χ2n) is 6.49. The van der Waals surface area contributed by atoms with Crippen molar-refractivity contribution in [2.24, 2.45) is 5.92 Å². The molecule has 6 nitrogen and oxygen atoms in total. The smallest absolute Gasteiger partial charge is 0.310 e. The van der Waals surface area contributed by atoms with Crippen LogP contribution < -0.4 is 0 Å². The summed E-state index contributed by atoms with van der Waals surface area (Å²) in [6, 6.07) is 9.75. The minimum absolute atomic E-state index is 0.00962. The number of aromatic nitrogens is 1. The Bertz CT molecular complexity index is 720. The molecule has 0 bridgehead atoms. The number of rotatable bonds is 8. The molecule has 2 rings (SSSR count). The van der Waals surface area contributed by atoms with E-state index in [-0.39, 0.29) is 17.8 Å². The van der Waals surface area contributed by atoms with E-state index in [0.29, 0.717) is 25.9 Å². The van der Waals surface area contributed by atoms with Gasteiger partial charge >= 0.3 is 5.97 Å². The first-order valence-electron chi connectivity index (χ1n) is 8.73. The molecule has 0 spiro atoms. The van der Waals surface area contributed by atoms with Crippen molar-refractivity contribution in [3.05, 3.63) is 52.9 Å². The van der Waals surface area contributed by atoms with Gasteiger partial charge in [-0.2, -0.15) is 0 Å². The first kappa shape index (κ1) is 19.7. The standard InChI is InChI=1S/C20H26N2O4/c1-14(20(24)25-4)12-22(13-17-8-6-5-7-9-17)19(23)11-10-18-15(2)21-26-16(18)3/h5-9,14H,10-13H2,1-4H3. The largest absolute Gasteiger partial charge is 0.469 e. The van der Waals surface area contributed by atoms with Gasteiger partial charge in [0.25, 0.3) is 0 Å². The summed E-state index contributed by atoms with van der Waals surface area (Å²) in [5.41, 5.74) is 2.81. The lowest BCUT2D eigenvalue weighted by Gasteiger charge is -2.25. The fourth-order valence-corrected chi connectivity index (χ4v) is 2.91. The maximum Gasteiger partial charge on any atom is 0.310 e. The van der Waals surface area contributed by atoms with Crippen LogP contribution in [0.5, 0.6) is 0 Å². The fraction of sp³-hybridized carbons (Fsp3) is 0.450. The van der Waals surface area contributed by atoms with Gasteiger partial charge in [0.2, 0.25) is 5.91 Å². The Kier molecular flexibility index (Phi) is 6.95. The van der Waals surface area contributed by atoms with Crippen LogP contribution >= 0.6 is 0 Å². The molecule has 2 aromatic rings. The van der Waals surface area contributed by atoms with E-state index in [4.69, 9.17) is 9.26 Å². The lowest BCUT2D eigenvalue weighted by Crippen LogP contribution is -2.37. The molecule has 1 heterocycles. The van der Waals surface area contributed by atoms with Gasteiger partial charge in [-0.05, 0) is 25.8 Å². The Morgan fingerprint density at radius 1 is 1.23 bits per heavy atom. The van der Waals surface area contributed by atoms with E-state index in [1.165, 1.54) is 7.11 Å². The van der Waals surface area contributed by atoms with Crippen LogP contribution in [-0.4, -0.2) is 35.6 Å². The summed E-state index contributed by atoms with van der Waals surface area (Å²) < 4.78 is 9.95. The van der Waals surface area contributed by atoms with Crippen LogP contribution in [0, 0.1) is 19.8 Å². The SMILES string of the molecule is COC(=O)C(C)CN(Cc1ccccc1)C(=O)CCc1c(C)noc1C. The molecule has 1 atom stereocenters. The predicted molar refractivity (Wildman–Crippen MR) is 97.3 cm³/mol. The number of hydrogen-bond donors (Lipinski definition) is 0. The maximum atomic E-state index is 12.8. The van der Waals surface area contributed by atoms with Gasteiger partial charge in [0, 0.05) is 25.1 Å². The lowest BCUT2D eigenvalue weighted by atomic mass is 10.1. The number of carbonyl (C=O) groups excluding carboxylic acids is 2. The number of hydrogen-bond acceptors (Lipinski definition) is 5. The zero-order valence-electron chi connectivity index (χ0n) is 15.8. The van der Waals surface area contributed by atoms with E-state index in [2.05, 4.69) is 5.16 Å². The highest BCUT2D eigenvalue weighted by atomic mass is 16.5. The number of aryl methyl sites for hydroxylation is 2. The molecule has 1 amide bonds. The van der Waals surface area contributed by atoms with E-state index in [1.807, 2.05) is 44.2 Å². The van der Waals surface area contributed by atoms with Crippen LogP contribution in [0.2, 0.25) is 0 Å². The molecule has 0 N–H and O–H groups in total. The average molecular weight is 358 g/mol. The number of benzene rings is 1. The van der Waals surface area contributed by atoms with Crippen molar-refractivity contribution < 1.29 is 18.8 Å². The summed E-state index contributed by atoms with van der Waals surface area (Å²) >= 11 is 0. The molecule has 26 heavy (non-hydrogen) atoms. The molecule has 0 aliphatic heterocycles. The summed E-state index contributed by atoms with van der Waals surface area (Å²) in [6.07, 6.45) is 0.904. The summed E-state index contributed by atoms with van der Waals surface area (Å²) in [7, 11) is 1.36. The molecule has 140 valence electrons. The van der Waals surface area contributed by atoms with Crippen molar-refractivity contribution in [2.45, 2.75) is 40.2 Å². The van der Waals surface area contributed by atoms with Gasteiger partial charge in [0.15, 0.2) is 0 Å². The predicted octanol–water partition coefficient (Wildman–Crippen LogP) is 3.06. The highest BCUT2D eigenvalue weighted by Crippen LogP contribution is 2.16. The highest BCUT2D eigenvalue weighted by Gasteiger charge is 2.22. The number of esters is 1. The molecule has 0 radical (unpaired) electrons. The van der Waals surface area contributed by atoms with E-state index < -0.39 is 0 Å². The number of methoxy groups -OCH3 is 1. The van der Waals surface area contributed by atoms with Crippen LogP contribution in [0.3, 0.4) is 0 Å². The average Bonchev–Trinajstić information content (AvgIpc) is 2.97. The topological polar surface area (TPSA) is 72.6 Å². The third kappa shape index (κ3) is 5.18. The molecule has 0 fully saturated rings. The van der Waals surface area contributed by atoms with Gasteiger partial charge in [-0.3, -0.25) is 9.59 Å². The second-order valence-corrected chi connectivity index (χ2v) is 6.49. The minimum atomic E-state index is -0.383. The van der Waals surface area contributed by atoms with Crippen molar-refractivity contribution in [2.75, 3.05) is 13.7 Å². The third-order valence-corrected chi connectivity index (χ3v) is 4.44. The van der Waals surface area contributed by atoms with Crippen molar-refractivity contribution in [1.29, 1.82) is 0 Å². The van der Waals surface area contributed by atoms with Crippen LogP contribution in [0.15, 0.2) is 34.9 Å². The van der Waals surface area contributed by atoms with Crippen LogP contribution in [0.25, 0.3) is 0 Å². The summed E-state index contributed by atoms with van der Waals surface area (Å²) in [6.45, 7) is 6.27. The van der Waals surface area contributed by atoms with Crippen LogP contribution in [-0.2, 0) is 27.3 Å². The molecule has 0 aliphatic rings. The zero-order chi connectivity index (χ0) is 19.1. The highest BCUT2D eigenvalue weighted by molar-refractivity contribution is 5.78. The third-order valence-electron chi connectivity index (χ3n) is 4.44. The summed E-state index contributed by atoms with van der Waals surface area (Å²) in [4.78, 5) is 26.3. The molecule has 0 aliphatic carbocycles. The molecule has 0 saturated carbocycles. The molecule has 1 aromatic carbocycles. The molecule has 1 unspecified atom stereocenters. The minimum Gasteiger partial charge on any atom is -0.469 e. The summed E-state index contributed by atoms with van der Waals surface area (Å²) in [5, 5.41) is 3.93. The Morgan fingerprint density at radius 2 is 1.92 bits per heavy atom. The number of nitrogens with zero attached hydrogens (tertiary/aromatic N) is 2. The molecule has 6 heteroatoms. The Balaban J connectivity index is 2.08. The zero-order valence-corrected chi connectivity index (χ0v) is 15.8. The lowest BCUT2D eigenvalue weighted by molar-refractivity contribution is -0.146. The monoisotopic (exact) mass is 358 g/mol. The first-order valence-corrected chi connectivity index (χ1v) is 8.73. The van der Waals surface area contributed by atoms with Crippen molar-refractivity contribution >= 4 is 11.9 Å². The van der Waals surface area contributed by atoms with E-state index >= 15 is 0 Å². The van der Waals surface area contributed by atoms with E-state index in [0.717, 1.165) is 22.6 Å². The van der Waals surface area contributed by atoms with Gasteiger partial charge < -0.3 is 14.2 Å². The van der Waals surface area contributed by atoms with Crippen molar-refractivity contribution in [3.8, 4) is 0 Å². The van der Waals surface area contributed by atoms with Crippen molar-refractivity contribution in [3.63, 3.8) is 0 Å². The van der Waals surface area contributed by atoms with Gasteiger partial charge in [0.05, 0.1) is 18.7 Å². The maximum absolute atomic E-state index is 12.8. The Labute approximate surface area is 154 Å². The van der Waals surface area contributed by atoms with E-state index in [9.17, 15) is 9.59 Å². The van der Waals surface area contributed by atoms with Gasteiger partial charge in [-0.25, -0.2) is 0 Å². The normalized spacial score (nSPS) is 11.8. The molecule has 0 saturated heterocycles. The molecule has 1 aromatic heterocycles. The summed E-state index contributed by atoms with van der Waals surface area (Å²) in [5.74, 6) is 0.0331. The molecular formula is C20H26N2O4. The van der Waals surface area contributed by atoms with E-state index in [1.54, 1.807) is 11.8 Å². The second kappa shape index (κ2) is 9.17. The first-order chi connectivity index (χ1) is 12.4. The number of carbonyl (C=O) groups is 2. The van der Waals surface area contributed by atoms with Gasteiger partial charge in [0.1, 0.15) is 5.76 Å². The van der Waals surface area contributed by atoms with Crippen molar-refractivity contribution in [1.82, 2.24) is 10.1 Å². The van der Waals surface area contributed by atoms with Crippen LogP contribution in [0.4, 0.5) is 0 Å². The van der Waals surface area contributed by atoms with Crippen LogP contribution in [0.1, 0.15) is 35.9 Å². The number of amides is 1. The van der Waals surface area contributed by atoms with Gasteiger partial charge in [-0.15, -0.1) is 0 Å². The molecular weight excluding hydrogens is 332 g/mol. The van der Waals surface area contributed by atoms with Gasteiger partial charge in [-0.1, -0.05) is 42.4 Å².